The Balaban J connectivity index is 2.35. The highest BCUT2D eigenvalue weighted by Gasteiger charge is 2.05. The monoisotopic (exact) mass is 257 g/mol. The van der Waals surface area contributed by atoms with E-state index in [9.17, 15) is 9.59 Å². The van der Waals surface area contributed by atoms with E-state index in [0.717, 1.165) is 0 Å². The van der Waals surface area contributed by atoms with Crippen molar-refractivity contribution in [2.75, 3.05) is 12.3 Å². The molecule has 0 fully saturated rings. The van der Waals surface area contributed by atoms with E-state index in [1.165, 1.54) is 18.7 Å². The van der Waals surface area contributed by atoms with E-state index < -0.39 is 0 Å². The first-order chi connectivity index (χ1) is 7.59. The van der Waals surface area contributed by atoms with Gasteiger partial charge in [-0.3, -0.25) is 9.59 Å². The molecule has 1 amide bonds. The zero-order chi connectivity index (χ0) is 12.0. The molecule has 0 atom stereocenters. The third-order valence-corrected chi connectivity index (χ3v) is 2.95. The highest BCUT2D eigenvalue weighted by Crippen LogP contribution is 2.15. The van der Waals surface area contributed by atoms with E-state index in [0.29, 0.717) is 22.9 Å². The van der Waals surface area contributed by atoms with Gasteiger partial charge >= 0.3 is 0 Å². The third-order valence-electron chi connectivity index (χ3n) is 1.79. The first-order valence-corrected chi connectivity index (χ1v) is 6.13. The Labute approximate surface area is 104 Å². The summed E-state index contributed by atoms with van der Waals surface area (Å²) in [5.41, 5.74) is 0.622. The molecule has 0 unspecified atom stereocenters. The molecule has 86 valence electrons. The molecule has 0 radical (unpaired) electrons. The Morgan fingerprint density at radius 1 is 1.31 bits per heavy atom. The van der Waals surface area contributed by atoms with Crippen molar-refractivity contribution in [3.8, 4) is 0 Å². The van der Waals surface area contributed by atoms with Crippen LogP contribution in [0.15, 0.2) is 24.3 Å². The molecule has 1 rings (SSSR count). The summed E-state index contributed by atoms with van der Waals surface area (Å²) < 4.78 is 0. The number of hydrogen-bond donors (Lipinski definition) is 1. The minimum absolute atomic E-state index is 0.0120. The molecule has 1 aromatic carbocycles. The van der Waals surface area contributed by atoms with Gasteiger partial charge in [0, 0.05) is 29.8 Å². The van der Waals surface area contributed by atoms with E-state index in [-0.39, 0.29) is 11.0 Å². The molecule has 0 saturated carbocycles. The number of hydrogen-bond acceptors (Lipinski definition) is 3. The number of nitrogens with one attached hydrogen (secondary N) is 1. The number of benzene rings is 1. The first kappa shape index (κ1) is 13.1. The van der Waals surface area contributed by atoms with Crippen molar-refractivity contribution in [3.05, 3.63) is 34.9 Å². The van der Waals surface area contributed by atoms with Crippen molar-refractivity contribution in [1.82, 2.24) is 5.32 Å². The van der Waals surface area contributed by atoms with Gasteiger partial charge in [-0.05, 0) is 24.3 Å². The summed E-state index contributed by atoms with van der Waals surface area (Å²) in [5, 5.41) is 3.23. The Bertz CT molecular complexity index is 378. The maximum atomic E-state index is 11.6. The third kappa shape index (κ3) is 4.68. The second-order valence-corrected chi connectivity index (χ2v) is 4.63. The van der Waals surface area contributed by atoms with Crippen LogP contribution in [0.4, 0.5) is 0 Å². The van der Waals surface area contributed by atoms with Gasteiger partial charge in [0.1, 0.15) is 0 Å². The van der Waals surface area contributed by atoms with Gasteiger partial charge in [0.05, 0.1) is 0 Å². The Kier molecular flexibility index (Phi) is 5.35. The number of rotatable bonds is 4. The fourth-order valence-corrected chi connectivity index (χ4v) is 1.86. The van der Waals surface area contributed by atoms with Crippen molar-refractivity contribution in [3.63, 3.8) is 0 Å². The van der Waals surface area contributed by atoms with Crippen LogP contribution < -0.4 is 5.32 Å². The zero-order valence-corrected chi connectivity index (χ0v) is 10.4. The van der Waals surface area contributed by atoms with Crippen LogP contribution in [0.3, 0.4) is 0 Å². The van der Waals surface area contributed by atoms with Gasteiger partial charge in [-0.2, -0.15) is 0 Å². The lowest BCUT2D eigenvalue weighted by molar-refractivity contribution is -0.118. The summed E-state index contributed by atoms with van der Waals surface area (Å²) in [6.45, 7) is 1.95. The molecule has 0 aliphatic rings. The number of carbonyl (C=O) groups excluding carboxylic acids is 2. The Morgan fingerprint density at radius 2 is 1.94 bits per heavy atom. The van der Waals surface area contributed by atoms with Crippen LogP contribution in [0.1, 0.15) is 17.3 Å². The smallest absolute Gasteiger partial charge is 0.219 e. The Morgan fingerprint density at radius 3 is 2.50 bits per heavy atom. The van der Waals surface area contributed by atoms with Crippen LogP contribution in [0.2, 0.25) is 5.02 Å². The lowest BCUT2D eigenvalue weighted by Gasteiger charge is -2.02. The molecule has 5 heteroatoms. The van der Waals surface area contributed by atoms with Crippen molar-refractivity contribution in [2.24, 2.45) is 0 Å². The molecule has 1 aromatic rings. The largest absolute Gasteiger partial charge is 0.356 e. The second-order valence-electron chi connectivity index (χ2n) is 3.13. The number of amides is 1. The topological polar surface area (TPSA) is 46.2 Å². The van der Waals surface area contributed by atoms with Gasteiger partial charge in [-0.15, -0.1) is 0 Å². The van der Waals surface area contributed by atoms with Crippen molar-refractivity contribution < 1.29 is 9.59 Å². The summed E-state index contributed by atoms with van der Waals surface area (Å²) in [6, 6.07) is 6.75. The van der Waals surface area contributed by atoms with E-state index in [1.54, 1.807) is 24.3 Å². The molecule has 0 aromatic heterocycles. The predicted molar refractivity (Wildman–Crippen MR) is 66.9 cm³/mol. The van der Waals surface area contributed by atoms with Gasteiger partial charge < -0.3 is 5.32 Å². The average molecular weight is 258 g/mol. The van der Waals surface area contributed by atoms with Gasteiger partial charge in [0.2, 0.25) is 11.0 Å². The molecule has 0 aliphatic carbocycles. The average Bonchev–Trinajstić information content (AvgIpc) is 2.25. The van der Waals surface area contributed by atoms with Crippen molar-refractivity contribution in [1.29, 1.82) is 0 Å². The van der Waals surface area contributed by atoms with Crippen LogP contribution in [-0.4, -0.2) is 23.3 Å². The zero-order valence-electron chi connectivity index (χ0n) is 8.83. The van der Waals surface area contributed by atoms with Crippen LogP contribution in [0.25, 0.3) is 0 Å². The lowest BCUT2D eigenvalue weighted by atomic mass is 10.2. The van der Waals surface area contributed by atoms with E-state index in [2.05, 4.69) is 5.32 Å². The standard InChI is InChI=1S/C11H12ClNO2S/c1-8(14)13-6-7-16-11(15)9-2-4-10(12)5-3-9/h2-5H,6-7H2,1H3,(H,13,14). The fourth-order valence-electron chi connectivity index (χ4n) is 1.04. The maximum absolute atomic E-state index is 11.6. The highest BCUT2D eigenvalue weighted by molar-refractivity contribution is 8.14. The van der Waals surface area contributed by atoms with E-state index >= 15 is 0 Å². The predicted octanol–water partition coefficient (Wildman–Crippen LogP) is 2.35. The molecule has 0 heterocycles. The quantitative estimate of drug-likeness (QED) is 0.843. The molecule has 16 heavy (non-hydrogen) atoms. The number of halogens is 1. The molecular weight excluding hydrogens is 246 g/mol. The van der Waals surface area contributed by atoms with Crippen molar-refractivity contribution in [2.45, 2.75) is 6.92 Å². The minimum atomic E-state index is -0.0838. The molecule has 0 spiro atoms. The van der Waals surface area contributed by atoms with E-state index in [4.69, 9.17) is 11.6 Å². The summed E-state index contributed by atoms with van der Waals surface area (Å²) in [7, 11) is 0. The highest BCUT2D eigenvalue weighted by atomic mass is 35.5. The normalized spacial score (nSPS) is 9.88. The molecule has 0 saturated heterocycles. The van der Waals surface area contributed by atoms with Gasteiger partial charge in [0.15, 0.2) is 0 Å². The van der Waals surface area contributed by atoms with E-state index in [1.807, 2.05) is 0 Å². The van der Waals surface area contributed by atoms with Crippen LogP contribution in [-0.2, 0) is 4.79 Å². The van der Waals surface area contributed by atoms with Crippen LogP contribution in [0.5, 0.6) is 0 Å². The molecule has 0 bridgehead atoms. The SMILES string of the molecule is CC(=O)NCCSC(=O)c1ccc(Cl)cc1. The summed E-state index contributed by atoms with van der Waals surface area (Å²) in [6.07, 6.45) is 0. The van der Waals surface area contributed by atoms with Crippen LogP contribution in [0, 0.1) is 0 Å². The summed E-state index contributed by atoms with van der Waals surface area (Å²) in [4.78, 5) is 22.2. The fraction of sp³-hybridized carbons (Fsp3) is 0.273. The van der Waals surface area contributed by atoms with Gasteiger partial charge in [-0.1, -0.05) is 23.4 Å². The van der Waals surface area contributed by atoms with Crippen molar-refractivity contribution >= 4 is 34.4 Å². The Hall–Kier alpha value is -1.00. The lowest BCUT2D eigenvalue weighted by Crippen LogP contribution is -2.22. The minimum Gasteiger partial charge on any atom is -0.356 e. The maximum Gasteiger partial charge on any atom is 0.219 e. The molecule has 3 nitrogen and oxygen atoms in total. The second kappa shape index (κ2) is 6.55. The number of carbonyl (C=O) groups is 2. The molecule has 0 aliphatic heterocycles. The summed E-state index contributed by atoms with van der Waals surface area (Å²) in [5.74, 6) is 0.487. The van der Waals surface area contributed by atoms with Gasteiger partial charge in [-0.25, -0.2) is 0 Å². The van der Waals surface area contributed by atoms with Crippen LogP contribution >= 0.6 is 23.4 Å². The molecule has 1 N–H and O–H groups in total. The summed E-state index contributed by atoms with van der Waals surface area (Å²) >= 11 is 6.89. The number of thioether (sulfide) groups is 1. The van der Waals surface area contributed by atoms with Gasteiger partial charge in [0.25, 0.3) is 0 Å². The first-order valence-electron chi connectivity index (χ1n) is 4.76. The molecular formula is C11H12ClNO2S.